The highest BCUT2D eigenvalue weighted by Gasteiger charge is 2.38. The standard InChI is InChI=1S/C12H18N4O5/c1-7-14-10(21-15-7)3-4-13-12(19)16(2)9-6-20-5-8(9)11(17)18/h8-9H,3-6H2,1-2H3,(H,13,19)(H,17,18). The predicted octanol–water partition coefficient (Wildman–Crippen LogP) is -0.338. The summed E-state index contributed by atoms with van der Waals surface area (Å²) in [4.78, 5) is 28.5. The zero-order chi connectivity index (χ0) is 15.4. The predicted molar refractivity (Wildman–Crippen MR) is 69.6 cm³/mol. The Morgan fingerprint density at radius 1 is 1.48 bits per heavy atom. The van der Waals surface area contributed by atoms with Gasteiger partial charge in [-0.1, -0.05) is 5.16 Å². The van der Waals surface area contributed by atoms with E-state index in [9.17, 15) is 9.59 Å². The number of nitrogens with one attached hydrogen (secondary N) is 1. The molecule has 1 saturated heterocycles. The Kier molecular flexibility index (Phi) is 4.73. The Morgan fingerprint density at radius 2 is 2.24 bits per heavy atom. The average Bonchev–Trinajstić information content (AvgIpc) is 3.06. The lowest BCUT2D eigenvalue weighted by Crippen LogP contribution is -2.48. The monoisotopic (exact) mass is 298 g/mol. The van der Waals surface area contributed by atoms with Gasteiger partial charge in [0.1, 0.15) is 5.92 Å². The van der Waals surface area contributed by atoms with Gasteiger partial charge in [-0.05, 0) is 6.92 Å². The van der Waals surface area contributed by atoms with Crippen molar-refractivity contribution in [3.63, 3.8) is 0 Å². The lowest BCUT2D eigenvalue weighted by molar-refractivity contribution is -0.142. The van der Waals surface area contributed by atoms with Gasteiger partial charge >= 0.3 is 12.0 Å². The quantitative estimate of drug-likeness (QED) is 0.763. The van der Waals surface area contributed by atoms with Gasteiger partial charge in [0.25, 0.3) is 0 Å². The molecular weight excluding hydrogens is 280 g/mol. The van der Waals surface area contributed by atoms with Gasteiger partial charge in [0.15, 0.2) is 5.82 Å². The summed E-state index contributed by atoms with van der Waals surface area (Å²) in [7, 11) is 1.56. The van der Waals surface area contributed by atoms with Crippen molar-refractivity contribution in [2.75, 3.05) is 26.8 Å². The number of hydrogen-bond acceptors (Lipinski definition) is 6. The van der Waals surface area contributed by atoms with E-state index in [1.165, 1.54) is 4.90 Å². The Labute approximate surface area is 121 Å². The average molecular weight is 298 g/mol. The molecule has 0 saturated carbocycles. The highest BCUT2D eigenvalue weighted by Crippen LogP contribution is 2.18. The maximum Gasteiger partial charge on any atom is 0.317 e. The molecule has 2 rings (SSSR count). The Bertz CT molecular complexity index is 518. The number of carboxylic acid groups (broad SMARTS) is 1. The van der Waals surface area contributed by atoms with E-state index in [0.717, 1.165) is 0 Å². The van der Waals surface area contributed by atoms with E-state index in [4.69, 9.17) is 14.4 Å². The first-order valence-electron chi connectivity index (χ1n) is 6.59. The number of rotatable bonds is 5. The van der Waals surface area contributed by atoms with Crippen LogP contribution in [0.3, 0.4) is 0 Å². The van der Waals surface area contributed by atoms with E-state index in [1.54, 1.807) is 14.0 Å². The van der Waals surface area contributed by atoms with Gasteiger partial charge in [0.05, 0.1) is 19.3 Å². The Hall–Kier alpha value is -2.16. The second-order valence-electron chi connectivity index (χ2n) is 4.88. The van der Waals surface area contributed by atoms with E-state index in [-0.39, 0.29) is 19.2 Å². The van der Waals surface area contributed by atoms with E-state index in [1.807, 2.05) is 0 Å². The van der Waals surface area contributed by atoms with Crippen LogP contribution in [0.1, 0.15) is 11.7 Å². The molecule has 2 heterocycles. The number of nitrogens with zero attached hydrogens (tertiary/aromatic N) is 3. The summed E-state index contributed by atoms with van der Waals surface area (Å²) in [5, 5.41) is 15.4. The van der Waals surface area contributed by atoms with Crippen LogP contribution in [0, 0.1) is 12.8 Å². The minimum atomic E-state index is -0.960. The zero-order valence-corrected chi connectivity index (χ0v) is 11.9. The molecule has 2 amide bonds. The third kappa shape index (κ3) is 3.69. The molecule has 0 aromatic carbocycles. The first-order valence-corrected chi connectivity index (χ1v) is 6.59. The molecular formula is C12H18N4O5. The first-order chi connectivity index (χ1) is 9.99. The summed E-state index contributed by atoms with van der Waals surface area (Å²) in [5.41, 5.74) is 0. The van der Waals surface area contributed by atoms with Crippen molar-refractivity contribution in [1.82, 2.24) is 20.4 Å². The lowest BCUT2D eigenvalue weighted by Gasteiger charge is -2.26. The van der Waals surface area contributed by atoms with Crippen LogP contribution in [0.4, 0.5) is 4.79 Å². The number of carboxylic acids is 1. The molecule has 9 heteroatoms. The number of ether oxygens (including phenoxy) is 1. The lowest BCUT2D eigenvalue weighted by atomic mass is 10.0. The van der Waals surface area contributed by atoms with Crippen LogP contribution in [0.5, 0.6) is 0 Å². The maximum absolute atomic E-state index is 12.0. The van der Waals surface area contributed by atoms with Crippen LogP contribution < -0.4 is 5.32 Å². The van der Waals surface area contributed by atoms with Gasteiger partial charge in [0, 0.05) is 20.0 Å². The van der Waals surface area contributed by atoms with Crippen molar-refractivity contribution < 1.29 is 24.0 Å². The normalized spacial score (nSPS) is 21.2. The minimum Gasteiger partial charge on any atom is -0.481 e. The van der Waals surface area contributed by atoms with Crippen molar-refractivity contribution in [2.24, 2.45) is 5.92 Å². The fourth-order valence-electron chi connectivity index (χ4n) is 2.15. The summed E-state index contributed by atoms with van der Waals surface area (Å²) in [5.74, 6) is -0.665. The highest BCUT2D eigenvalue weighted by molar-refractivity contribution is 5.77. The van der Waals surface area contributed by atoms with Gasteiger partial charge in [-0.3, -0.25) is 4.79 Å². The van der Waals surface area contributed by atoms with Crippen molar-refractivity contribution >= 4 is 12.0 Å². The minimum absolute atomic E-state index is 0.124. The van der Waals surface area contributed by atoms with E-state index >= 15 is 0 Å². The van der Waals surface area contributed by atoms with E-state index in [2.05, 4.69) is 15.5 Å². The van der Waals surface area contributed by atoms with Crippen LogP contribution >= 0.6 is 0 Å². The summed E-state index contributed by atoms with van der Waals surface area (Å²) >= 11 is 0. The number of urea groups is 1. The van der Waals surface area contributed by atoms with Gasteiger partial charge in [-0.2, -0.15) is 4.98 Å². The number of aryl methyl sites for hydroxylation is 1. The molecule has 0 spiro atoms. The fraction of sp³-hybridized carbons (Fsp3) is 0.667. The smallest absolute Gasteiger partial charge is 0.317 e. The van der Waals surface area contributed by atoms with Crippen LogP contribution in [-0.4, -0.2) is 65.0 Å². The van der Waals surface area contributed by atoms with Crippen LogP contribution in [0.15, 0.2) is 4.52 Å². The number of aliphatic carboxylic acids is 1. The maximum atomic E-state index is 12.0. The van der Waals surface area contributed by atoms with Crippen LogP contribution in [-0.2, 0) is 16.0 Å². The molecule has 21 heavy (non-hydrogen) atoms. The van der Waals surface area contributed by atoms with Gasteiger partial charge in [0.2, 0.25) is 5.89 Å². The number of likely N-dealkylation sites (N-methyl/N-ethyl adjacent to an activating group) is 1. The van der Waals surface area contributed by atoms with E-state index < -0.39 is 17.9 Å². The van der Waals surface area contributed by atoms with Crippen LogP contribution in [0.25, 0.3) is 0 Å². The second-order valence-corrected chi connectivity index (χ2v) is 4.88. The van der Waals surface area contributed by atoms with Crippen molar-refractivity contribution in [3.8, 4) is 0 Å². The fourth-order valence-corrected chi connectivity index (χ4v) is 2.15. The molecule has 2 atom stereocenters. The van der Waals surface area contributed by atoms with Crippen molar-refractivity contribution in [2.45, 2.75) is 19.4 Å². The summed E-state index contributed by atoms with van der Waals surface area (Å²) in [6, 6.07) is -0.818. The van der Waals surface area contributed by atoms with Gasteiger partial charge in [-0.15, -0.1) is 0 Å². The number of amides is 2. The topological polar surface area (TPSA) is 118 Å². The van der Waals surface area contributed by atoms with Gasteiger partial charge in [-0.25, -0.2) is 4.79 Å². The second kappa shape index (κ2) is 6.53. The molecule has 1 aromatic heterocycles. The molecule has 1 aliphatic rings. The Morgan fingerprint density at radius 3 is 2.86 bits per heavy atom. The third-order valence-corrected chi connectivity index (χ3v) is 3.37. The number of carbonyl (C=O) groups is 2. The third-order valence-electron chi connectivity index (χ3n) is 3.37. The van der Waals surface area contributed by atoms with E-state index in [0.29, 0.717) is 24.7 Å². The highest BCUT2D eigenvalue weighted by atomic mass is 16.5. The molecule has 116 valence electrons. The van der Waals surface area contributed by atoms with Crippen molar-refractivity contribution in [1.29, 1.82) is 0 Å². The van der Waals surface area contributed by atoms with Crippen molar-refractivity contribution in [3.05, 3.63) is 11.7 Å². The molecule has 1 fully saturated rings. The van der Waals surface area contributed by atoms with Crippen LogP contribution in [0.2, 0.25) is 0 Å². The number of carbonyl (C=O) groups excluding carboxylic acids is 1. The molecule has 1 aliphatic heterocycles. The first kappa shape index (κ1) is 15.2. The molecule has 2 N–H and O–H groups in total. The molecule has 0 aliphatic carbocycles. The number of aromatic nitrogens is 2. The Balaban J connectivity index is 1.81. The molecule has 1 aromatic rings. The summed E-state index contributed by atoms with van der Waals surface area (Å²) in [6.07, 6.45) is 0.421. The van der Waals surface area contributed by atoms with Gasteiger partial charge < -0.3 is 24.6 Å². The zero-order valence-electron chi connectivity index (χ0n) is 11.9. The summed E-state index contributed by atoms with van der Waals surface area (Å²) in [6.45, 7) is 2.39. The summed E-state index contributed by atoms with van der Waals surface area (Å²) < 4.78 is 10.1. The molecule has 0 bridgehead atoms. The molecule has 9 nitrogen and oxygen atoms in total. The largest absolute Gasteiger partial charge is 0.481 e. The number of hydrogen-bond donors (Lipinski definition) is 2. The SMILES string of the molecule is Cc1noc(CCNC(=O)N(C)C2COCC2C(=O)O)n1. The molecule has 2 unspecified atom stereocenters. The molecule has 0 radical (unpaired) electrons.